The van der Waals surface area contributed by atoms with Crippen LogP contribution in [0.4, 0.5) is 0 Å². The van der Waals surface area contributed by atoms with Crippen LogP contribution in [0.1, 0.15) is 32.1 Å². The fraction of sp³-hybridized carbons (Fsp3) is 0.533. The van der Waals surface area contributed by atoms with Crippen molar-refractivity contribution in [2.45, 2.75) is 32.6 Å². The number of likely N-dealkylation sites (tertiary alicyclic amines) is 1. The average molecular weight is 305 g/mol. The van der Waals surface area contributed by atoms with Crippen molar-refractivity contribution in [2.75, 3.05) is 13.1 Å². The van der Waals surface area contributed by atoms with E-state index in [1.54, 1.807) is 11.3 Å². The van der Waals surface area contributed by atoms with Crippen molar-refractivity contribution >= 4 is 17.2 Å². The third kappa shape index (κ3) is 3.50. The molecule has 0 unspecified atom stereocenters. The molecule has 1 amide bonds. The SMILES string of the molecule is CC1CCN(C(=O)CCc2nnc(-c3cccs3)o2)CC1. The van der Waals surface area contributed by atoms with Gasteiger partial charge in [-0.15, -0.1) is 21.5 Å². The number of rotatable bonds is 4. The molecule has 0 atom stereocenters. The number of aromatic nitrogens is 2. The third-order valence-corrected chi connectivity index (χ3v) is 4.75. The summed E-state index contributed by atoms with van der Waals surface area (Å²) in [5.74, 6) is 2.01. The van der Waals surface area contributed by atoms with Gasteiger partial charge in [0.05, 0.1) is 4.88 Å². The Morgan fingerprint density at radius 2 is 2.24 bits per heavy atom. The molecule has 3 rings (SSSR count). The van der Waals surface area contributed by atoms with Gasteiger partial charge < -0.3 is 9.32 Å². The lowest BCUT2D eigenvalue weighted by Crippen LogP contribution is -2.38. The van der Waals surface area contributed by atoms with E-state index >= 15 is 0 Å². The van der Waals surface area contributed by atoms with Crippen LogP contribution in [-0.2, 0) is 11.2 Å². The van der Waals surface area contributed by atoms with Crippen LogP contribution in [0.25, 0.3) is 10.8 Å². The van der Waals surface area contributed by atoms with Gasteiger partial charge >= 0.3 is 0 Å². The minimum atomic E-state index is 0.192. The zero-order valence-corrected chi connectivity index (χ0v) is 12.9. The molecule has 3 heterocycles. The number of carbonyl (C=O) groups is 1. The number of nitrogens with zero attached hydrogens (tertiary/aromatic N) is 3. The maximum absolute atomic E-state index is 12.2. The standard InChI is InChI=1S/C15H19N3O2S/c1-11-6-8-18(9-7-11)14(19)5-4-13-16-17-15(20-13)12-3-2-10-21-12/h2-3,10-11H,4-9H2,1H3. The van der Waals surface area contributed by atoms with E-state index in [1.165, 1.54) is 0 Å². The molecule has 1 fully saturated rings. The number of amides is 1. The Kier molecular flexibility index (Phi) is 4.34. The van der Waals surface area contributed by atoms with Gasteiger partial charge in [0.15, 0.2) is 0 Å². The molecule has 0 aromatic carbocycles. The van der Waals surface area contributed by atoms with Crippen LogP contribution in [-0.4, -0.2) is 34.1 Å². The monoisotopic (exact) mass is 305 g/mol. The highest BCUT2D eigenvalue weighted by molar-refractivity contribution is 7.13. The summed E-state index contributed by atoms with van der Waals surface area (Å²) >= 11 is 1.57. The van der Waals surface area contributed by atoms with Crippen LogP contribution >= 0.6 is 11.3 Å². The highest BCUT2D eigenvalue weighted by Gasteiger charge is 2.20. The van der Waals surface area contributed by atoms with Crippen molar-refractivity contribution in [1.82, 2.24) is 15.1 Å². The normalized spacial score (nSPS) is 16.3. The van der Waals surface area contributed by atoms with Gasteiger partial charge in [0.2, 0.25) is 11.8 Å². The van der Waals surface area contributed by atoms with E-state index in [2.05, 4.69) is 17.1 Å². The van der Waals surface area contributed by atoms with Crippen LogP contribution in [0.15, 0.2) is 21.9 Å². The van der Waals surface area contributed by atoms with Crippen molar-refractivity contribution in [1.29, 1.82) is 0 Å². The molecule has 1 aliphatic rings. The summed E-state index contributed by atoms with van der Waals surface area (Å²) in [7, 11) is 0. The molecule has 0 spiro atoms. The van der Waals surface area contributed by atoms with Crippen LogP contribution in [0.5, 0.6) is 0 Å². The zero-order chi connectivity index (χ0) is 14.7. The number of carbonyl (C=O) groups excluding carboxylic acids is 1. The molecule has 6 heteroatoms. The maximum Gasteiger partial charge on any atom is 0.257 e. The first kappa shape index (κ1) is 14.3. The molecule has 112 valence electrons. The minimum Gasteiger partial charge on any atom is -0.420 e. The summed E-state index contributed by atoms with van der Waals surface area (Å²) in [4.78, 5) is 15.1. The predicted octanol–water partition coefficient (Wildman–Crippen LogP) is 2.99. The lowest BCUT2D eigenvalue weighted by atomic mass is 9.99. The molecule has 0 saturated carbocycles. The lowest BCUT2D eigenvalue weighted by Gasteiger charge is -2.30. The number of hydrogen-bond donors (Lipinski definition) is 0. The highest BCUT2D eigenvalue weighted by Crippen LogP contribution is 2.23. The Balaban J connectivity index is 1.52. The van der Waals surface area contributed by atoms with E-state index in [9.17, 15) is 4.79 Å². The summed E-state index contributed by atoms with van der Waals surface area (Å²) < 4.78 is 5.60. The fourth-order valence-electron chi connectivity index (χ4n) is 2.48. The van der Waals surface area contributed by atoms with Gasteiger partial charge in [0.25, 0.3) is 5.89 Å². The van der Waals surface area contributed by atoms with Gasteiger partial charge in [-0.3, -0.25) is 4.79 Å². The van der Waals surface area contributed by atoms with Crippen LogP contribution in [0.2, 0.25) is 0 Å². The van der Waals surface area contributed by atoms with E-state index < -0.39 is 0 Å². The van der Waals surface area contributed by atoms with Crippen molar-refractivity contribution < 1.29 is 9.21 Å². The second-order valence-electron chi connectivity index (χ2n) is 5.54. The quantitative estimate of drug-likeness (QED) is 0.871. The largest absolute Gasteiger partial charge is 0.420 e. The average Bonchev–Trinajstić information content (AvgIpc) is 3.16. The van der Waals surface area contributed by atoms with Gasteiger partial charge in [-0.05, 0) is 30.2 Å². The second-order valence-corrected chi connectivity index (χ2v) is 6.49. The molecule has 1 saturated heterocycles. The predicted molar refractivity (Wildman–Crippen MR) is 80.9 cm³/mol. The molecule has 5 nitrogen and oxygen atoms in total. The Morgan fingerprint density at radius 1 is 1.43 bits per heavy atom. The third-order valence-electron chi connectivity index (χ3n) is 3.89. The van der Waals surface area contributed by atoms with Crippen LogP contribution < -0.4 is 0 Å². The summed E-state index contributed by atoms with van der Waals surface area (Å²) in [6.45, 7) is 4.00. The van der Waals surface area contributed by atoms with E-state index in [-0.39, 0.29) is 5.91 Å². The van der Waals surface area contributed by atoms with Crippen molar-refractivity contribution in [3.63, 3.8) is 0 Å². The Labute approximate surface area is 128 Å². The molecule has 0 N–H and O–H groups in total. The first-order chi connectivity index (χ1) is 10.2. The number of piperidine rings is 1. The Bertz CT molecular complexity index is 586. The first-order valence-electron chi connectivity index (χ1n) is 7.36. The van der Waals surface area contributed by atoms with Gasteiger partial charge in [-0.1, -0.05) is 13.0 Å². The minimum absolute atomic E-state index is 0.192. The summed E-state index contributed by atoms with van der Waals surface area (Å²) in [5.41, 5.74) is 0. The second kappa shape index (κ2) is 6.39. The highest BCUT2D eigenvalue weighted by atomic mass is 32.1. The number of thiophene rings is 1. The summed E-state index contributed by atoms with van der Waals surface area (Å²) in [5, 5.41) is 10.0. The fourth-order valence-corrected chi connectivity index (χ4v) is 3.13. The van der Waals surface area contributed by atoms with Crippen molar-refractivity contribution in [3.8, 4) is 10.8 Å². The van der Waals surface area contributed by atoms with E-state index in [0.717, 1.165) is 36.7 Å². The zero-order valence-electron chi connectivity index (χ0n) is 12.1. The van der Waals surface area contributed by atoms with E-state index in [1.807, 2.05) is 22.4 Å². The topological polar surface area (TPSA) is 59.2 Å². The Morgan fingerprint density at radius 3 is 2.95 bits per heavy atom. The van der Waals surface area contributed by atoms with E-state index in [0.29, 0.717) is 24.6 Å². The number of aryl methyl sites for hydroxylation is 1. The van der Waals surface area contributed by atoms with Gasteiger partial charge in [-0.25, -0.2) is 0 Å². The van der Waals surface area contributed by atoms with Gasteiger partial charge in [0.1, 0.15) is 0 Å². The summed E-state index contributed by atoms with van der Waals surface area (Å²) in [6.07, 6.45) is 3.17. The molecule has 21 heavy (non-hydrogen) atoms. The molecule has 2 aromatic heterocycles. The molecule has 0 bridgehead atoms. The summed E-state index contributed by atoms with van der Waals surface area (Å²) in [6, 6.07) is 3.90. The lowest BCUT2D eigenvalue weighted by molar-refractivity contribution is -0.132. The molecule has 0 radical (unpaired) electrons. The molecule has 2 aromatic rings. The Hall–Kier alpha value is -1.69. The molecular formula is C15H19N3O2S. The molecule has 0 aliphatic carbocycles. The van der Waals surface area contributed by atoms with Crippen LogP contribution in [0, 0.1) is 5.92 Å². The van der Waals surface area contributed by atoms with Crippen LogP contribution in [0.3, 0.4) is 0 Å². The van der Waals surface area contributed by atoms with E-state index in [4.69, 9.17) is 4.42 Å². The van der Waals surface area contributed by atoms with Gasteiger partial charge in [-0.2, -0.15) is 0 Å². The molecular weight excluding hydrogens is 286 g/mol. The molecule has 1 aliphatic heterocycles. The first-order valence-corrected chi connectivity index (χ1v) is 8.24. The van der Waals surface area contributed by atoms with Gasteiger partial charge in [0, 0.05) is 25.9 Å². The van der Waals surface area contributed by atoms with Crippen molar-refractivity contribution in [2.24, 2.45) is 5.92 Å². The number of hydrogen-bond acceptors (Lipinski definition) is 5. The maximum atomic E-state index is 12.2. The van der Waals surface area contributed by atoms with Crippen molar-refractivity contribution in [3.05, 3.63) is 23.4 Å². The smallest absolute Gasteiger partial charge is 0.257 e.